The largest absolute Gasteiger partial charge is 0.472 e. The molecule has 18 heavy (non-hydrogen) atoms. The number of hydrogen-bond donors (Lipinski definition) is 1. The zero-order chi connectivity index (χ0) is 13.0. The molecular formula is C15H26N2O. The second kappa shape index (κ2) is 6.39. The Labute approximate surface area is 111 Å². The third-order valence-corrected chi connectivity index (χ3v) is 4.03. The number of nitrogens with one attached hydrogen (secondary N) is 1. The first-order valence-corrected chi connectivity index (χ1v) is 7.19. The Hall–Kier alpha value is -0.800. The van der Waals surface area contributed by atoms with Gasteiger partial charge in [-0.15, -0.1) is 0 Å². The Bertz CT molecular complexity index is 328. The molecule has 0 saturated carbocycles. The molecule has 1 aromatic heterocycles. The van der Waals surface area contributed by atoms with Crippen molar-refractivity contribution in [3.8, 4) is 0 Å². The van der Waals surface area contributed by atoms with Gasteiger partial charge in [-0.05, 0) is 46.2 Å². The molecule has 0 spiro atoms. The highest BCUT2D eigenvalue weighted by molar-refractivity contribution is 5.11. The Morgan fingerprint density at radius 3 is 2.78 bits per heavy atom. The predicted molar refractivity (Wildman–Crippen MR) is 74.6 cm³/mol. The first-order valence-electron chi connectivity index (χ1n) is 7.19. The average molecular weight is 250 g/mol. The topological polar surface area (TPSA) is 28.4 Å². The molecule has 1 saturated heterocycles. The van der Waals surface area contributed by atoms with Crippen molar-refractivity contribution in [2.24, 2.45) is 0 Å². The molecule has 0 aliphatic carbocycles. The Balaban J connectivity index is 1.98. The van der Waals surface area contributed by atoms with E-state index in [1.165, 1.54) is 31.4 Å². The molecule has 2 heterocycles. The molecule has 3 heteroatoms. The van der Waals surface area contributed by atoms with Crippen LogP contribution in [-0.2, 0) is 0 Å². The van der Waals surface area contributed by atoms with Gasteiger partial charge in [0, 0.05) is 30.2 Å². The van der Waals surface area contributed by atoms with Crippen LogP contribution in [0.2, 0.25) is 0 Å². The first kappa shape index (κ1) is 13.6. The summed E-state index contributed by atoms with van der Waals surface area (Å²) >= 11 is 0. The lowest BCUT2D eigenvalue weighted by molar-refractivity contribution is 0.137. The fourth-order valence-corrected chi connectivity index (χ4v) is 2.85. The molecule has 0 bridgehead atoms. The van der Waals surface area contributed by atoms with Crippen LogP contribution < -0.4 is 5.32 Å². The Kier molecular flexibility index (Phi) is 4.84. The normalized spacial score (nSPS) is 22.6. The summed E-state index contributed by atoms with van der Waals surface area (Å²) in [6.07, 6.45) is 7.64. The van der Waals surface area contributed by atoms with Crippen LogP contribution in [0, 0.1) is 0 Å². The fraction of sp³-hybridized carbons (Fsp3) is 0.733. The number of furan rings is 1. The molecule has 0 radical (unpaired) electrons. The van der Waals surface area contributed by atoms with Crippen molar-refractivity contribution in [3.63, 3.8) is 0 Å². The van der Waals surface area contributed by atoms with Crippen LogP contribution in [0.1, 0.15) is 51.6 Å². The van der Waals surface area contributed by atoms with E-state index in [-0.39, 0.29) is 0 Å². The minimum absolute atomic E-state index is 0.424. The summed E-state index contributed by atoms with van der Waals surface area (Å²) in [7, 11) is 0. The predicted octanol–water partition coefficient (Wildman–Crippen LogP) is 3.19. The van der Waals surface area contributed by atoms with Crippen molar-refractivity contribution in [1.29, 1.82) is 0 Å². The highest BCUT2D eigenvalue weighted by atomic mass is 16.3. The standard InChI is InChI=1S/C15H26N2O/c1-12(2)17(10-15-6-4-5-8-16-15)13(3)14-7-9-18-11-14/h7,9,11-13,15-16H,4-6,8,10H2,1-3H3. The third kappa shape index (κ3) is 3.36. The van der Waals surface area contributed by atoms with Gasteiger partial charge in [0.2, 0.25) is 0 Å². The van der Waals surface area contributed by atoms with Gasteiger partial charge >= 0.3 is 0 Å². The highest BCUT2D eigenvalue weighted by Gasteiger charge is 2.23. The minimum Gasteiger partial charge on any atom is -0.472 e. The maximum absolute atomic E-state index is 5.21. The van der Waals surface area contributed by atoms with Crippen LogP contribution in [0.5, 0.6) is 0 Å². The van der Waals surface area contributed by atoms with E-state index in [0.29, 0.717) is 18.1 Å². The summed E-state index contributed by atoms with van der Waals surface area (Å²) in [6, 6.07) is 3.70. The summed E-state index contributed by atoms with van der Waals surface area (Å²) in [5.41, 5.74) is 1.28. The molecule has 2 unspecified atom stereocenters. The highest BCUT2D eigenvalue weighted by Crippen LogP contribution is 2.24. The maximum atomic E-state index is 5.21. The Morgan fingerprint density at radius 2 is 2.22 bits per heavy atom. The first-order chi connectivity index (χ1) is 8.68. The molecule has 1 fully saturated rings. The average Bonchev–Trinajstić information content (AvgIpc) is 2.90. The number of nitrogens with zero attached hydrogens (tertiary/aromatic N) is 1. The molecule has 3 nitrogen and oxygen atoms in total. The monoisotopic (exact) mass is 250 g/mol. The molecule has 0 aromatic carbocycles. The second-order valence-corrected chi connectivity index (χ2v) is 5.67. The minimum atomic E-state index is 0.424. The number of hydrogen-bond acceptors (Lipinski definition) is 3. The van der Waals surface area contributed by atoms with E-state index >= 15 is 0 Å². The van der Waals surface area contributed by atoms with Gasteiger partial charge < -0.3 is 9.73 Å². The lowest BCUT2D eigenvalue weighted by Crippen LogP contribution is -2.46. The van der Waals surface area contributed by atoms with Crippen LogP contribution in [0.4, 0.5) is 0 Å². The molecule has 102 valence electrons. The fourth-order valence-electron chi connectivity index (χ4n) is 2.85. The van der Waals surface area contributed by atoms with Crippen LogP contribution in [0.3, 0.4) is 0 Å². The molecule has 0 amide bonds. The quantitative estimate of drug-likeness (QED) is 0.870. The van der Waals surface area contributed by atoms with E-state index in [9.17, 15) is 0 Å². The Morgan fingerprint density at radius 1 is 1.39 bits per heavy atom. The van der Waals surface area contributed by atoms with Gasteiger partial charge in [0.15, 0.2) is 0 Å². The van der Waals surface area contributed by atoms with E-state index in [1.807, 2.05) is 6.26 Å². The molecule has 2 rings (SSSR count). The van der Waals surface area contributed by atoms with E-state index in [4.69, 9.17) is 4.42 Å². The van der Waals surface area contributed by atoms with Crippen molar-refractivity contribution in [3.05, 3.63) is 24.2 Å². The molecule has 2 atom stereocenters. The molecule has 1 aliphatic heterocycles. The third-order valence-electron chi connectivity index (χ3n) is 4.03. The summed E-state index contributed by atoms with van der Waals surface area (Å²) in [6.45, 7) is 9.13. The van der Waals surface area contributed by atoms with Gasteiger partial charge in [-0.25, -0.2) is 0 Å². The van der Waals surface area contributed by atoms with Gasteiger partial charge in [-0.3, -0.25) is 4.90 Å². The molecule has 1 aromatic rings. The number of rotatable bonds is 5. The smallest absolute Gasteiger partial charge is 0.0950 e. The van der Waals surface area contributed by atoms with Crippen molar-refractivity contribution in [1.82, 2.24) is 10.2 Å². The van der Waals surface area contributed by atoms with Crippen molar-refractivity contribution in [2.45, 2.75) is 58.2 Å². The summed E-state index contributed by atoms with van der Waals surface area (Å²) in [5, 5.41) is 3.64. The van der Waals surface area contributed by atoms with Gasteiger partial charge in [0.1, 0.15) is 0 Å². The summed E-state index contributed by atoms with van der Waals surface area (Å²) < 4.78 is 5.21. The molecular weight excluding hydrogens is 224 g/mol. The van der Waals surface area contributed by atoms with E-state index in [1.54, 1.807) is 6.26 Å². The van der Waals surface area contributed by atoms with Crippen LogP contribution in [0.15, 0.2) is 23.0 Å². The lowest BCUT2D eigenvalue weighted by Gasteiger charge is -2.36. The van der Waals surface area contributed by atoms with Crippen LogP contribution >= 0.6 is 0 Å². The van der Waals surface area contributed by atoms with Gasteiger partial charge in [-0.2, -0.15) is 0 Å². The summed E-state index contributed by atoms with van der Waals surface area (Å²) in [5.74, 6) is 0. The van der Waals surface area contributed by atoms with E-state index in [2.05, 4.69) is 37.1 Å². The van der Waals surface area contributed by atoms with Gasteiger partial charge in [0.05, 0.1) is 12.5 Å². The van der Waals surface area contributed by atoms with Gasteiger partial charge in [-0.1, -0.05) is 6.42 Å². The zero-order valence-corrected chi connectivity index (χ0v) is 11.9. The zero-order valence-electron chi connectivity index (χ0n) is 11.9. The van der Waals surface area contributed by atoms with Gasteiger partial charge in [0.25, 0.3) is 0 Å². The van der Waals surface area contributed by atoms with Crippen LogP contribution in [-0.4, -0.2) is 30.1 Å². The second-order valence-electron chi connectivity index (χ2n) is 5.67. The maximum Gasteiger partial charge on any atom is 0.0950 e. The van der Waals surface area contributed by atoms with Crippen molar-refractivity contribution >= 4 is 0 Å². The number of piperidine rings is 1. The van der Waals surface area contributed by atoms with E-state index < -0.39 is 0 Å². The SMILES string of the molecule is CC(C)N(CC1CCCCN1)C(C)c1ccoc1. The van der Waals surface area contributed by atoms with E-state index in [0.717, 1.165) is 6.54 Å². The lowest BCUT2D eigenvalue weighted by atomic mass is 10.0. The van der Waals surface area contributed by atoms with Crippen LogP contribution in [0.25, 0.3) is 0 Å². The van der Waals surface area contributed by atoms with Crippen molar-refractivity contribution in [2.75, 3.05) is 13.1 Å². The molecule has 1 N–H and O–H groups in total. The summed E-state index contributed by atoms with van der Waals surface area (Å²) in [4.78, 5) is 2.56. The molecule has 1 aliphatic rings. The van der Waals surface area contributed by atoms with Crippen molar-refractivity contribution < 1.29 is 4.42 Å².